The Labute approximate surface area is 167 Å². The molecule has 1 heterocycles. The van der Waals surface area contributed by atoms with Crippen LogP contribution in [-0.2, 0) is 25.1 Å². The molecule has 0 saturated carbocycles. The maximum absolute atomic E-state index is 13.3. The molecule has 0 aliphatic carbocycles. The molecule has 1 aromatic rings. The van der Waals surface area contributed by atoms with Gasteiger partial charge in [0.1, 0.15) is 6.54 Å². The molecule has 2 N–H and O–H groups in total. The molecule has 1 amide bonds. The molecule has 1 aliphatic rings. The van der Waals surface area contributed by atoms with E-state index in [2.05, 4.69) is 17.2 Å². The molecular weight excluding hydrogens is 379 g/mol. The Balaban J connectivity index is 1.93. The average molecular weight is 410 g/mol. The van der Waals surface area contributed by atoms with Crippen LogP contribution in [0.3, 0.4) is 0 Å². The molecular formula is C20H31N2O5P. The first-order valence-corrected chi connectivity index (χ1v) is 11.8. The largest absolute Gasteiger partial charge is 0.480 e. The van der Waals surface area contributed by atoms with Crippen molar-refractivity contribution in [2.45, 2.75) is 51.5 Å². The van der Waals surface area contributed by atoms with Gasteiger partial charge in [-0.1, -0.05) is 30.3 Å². The topological polar surface area (TPSA) is 95.9 Å². The van der Waals surface area contributed by atoms with Gasteiger partial charge in [-0.25, -0.2) is 5.09 Å². The van der Waals surface area contributed by atoms with Gasteiger partial charge in [0.25, 0.3) is 7.52 Å². The van der Waals surface area contributed by atoms with E-state index in [1.54, 1.807) is 6.92 Å². The summed E-state index contributed by atoms with van der Waals surface area (Å²) in [5.74, 6) is -1.34. The average Bonchev–Trinajstić information content (AvgIpc) is 2.82. The Hall–Kier alpha value is -1.69. The smallest absolute Gasteiger partial charge is 0.323 e. The summed E-state index contributed by atoms with van der Waals surface area (Å²) in [7, 11) is -3.17. The molecule has 1 saturated heterocycles. The van der Waals surface area contributed by atoms with E-state index >= 15 is 0 Å². The van der Waals surface area contributed by atoms with E-state index in [1.807, 2.05) is 18.2 Å². The van der Waals surface area contributed by atoms with Gasteiger partial charge in [0, 0.05) is 12.7 Å². The normalized spacial score (nSPS) is 19.8. The summed E-state index contributed by atoms with van der Waals surface area (Å²) in [4.78, 5) is 25.1. The third-order valence-corrected chi connectivity index (χ3v) is 7.09. The number of carboxylic acid groups (broad SMARTS) is 1. The summed E-state index contributed by atoms with van der Waals surface area (Å²) in [6, 6.07) is 9.47. The van der Waals surface area contributed by atoms with E-state index < -0.39 is 19.5 Å². The van der Waals surface area contributed by atoms with Crippen LogP contribution in [0.1, 0.15) is 44.6 Å². The van der Waals surface area contributed by atoms with Crippen molar-refractivity contribution in [1.29, 1.82) is 0 Å². The van der Waals surface area contributed by atoms with Gasteiger partial charge in [0.05, 0.1) is 12.6 Å². The predicted molar refractivity (Wildman–Crippen MR) is 108 cm³/mol. The zero-order valence-corrected chi connectivity index (χ0v) is 17.4. The highest BCUT2D eigenvalue weighted by atomic mass is 31.2. The highest BCUT2D eigenvalue weighted by Gasteiger charge is 2.34. The van der Waals surface area contributed by atoms with Crippen molar-refractivity contribution in [1.82, 2.24) is 9.99 Å². The standard InChI is InChI=1S/C20H31N2O5P/c1-2-27-28(26,15-9-7-12-17-10-4-3-5-11-17)21-18-13-6-8-14-22(20(18)25)16-19(23)24/h3-5,10-11,18H,2,6-9,12-16H2,1H3,(H,21,26)(H,23,24). The van der Waals surface area contributed by atoms with Crippen LogP contribution >= 0.6 is 7.52 Å². The molecule has 0 radical (unpaired) electrons. The number of rotatable bonds is 11. The molecule has 1 aliphatic heterocycles. The van der Waals surface area contributed by atoms with Crippen LogP contribution in [0, 0.1) is 0 Å². The van der Waals surface area contributed by atoms with Crippen LogP contribution in [0.5, 0.6) is 0 Å². The van der Waals surface area contributed by atoms with Gasteiger partial charge in [-0.3, -0.25) is 14.2 Å². The number of amides is 1. The molecule has 28 heavy (non-hydrogen) atoms. The number of carbonyl (C=O) groups is 2. The van der Waals surface area contributed by atoms with Crippen molar-refractivity contribution in [3.05, 3.63) is 35.9 Å². The monoisotopic (exact) mass is 410 g/mol. The van der Waals surface area contributed by atoms with Crippen LogP contribution in [0.15, 0.2) is 30.3 Å². The first-order valence-electron chi connectivity index (χ1n) is 9.99. The summed E-state index contributed by atoms with van der Waals surface area (Å²) < 4.78 is 18.8. The molecule has 1 fully saturated rings. The number of hydrogen-bond donors (Lipinski definition) is 2. The van der Waals surface area contributed by atoms with Crippen LogP contribution in [0.4, 0.5) is 0 Å². The number of aliphatic carboxylic acids is 1. The SMILES string of the molecule is CCOP(=O)(CCCCc1ccccc1)NC1CCCCN(CC(=O)O)C1=O. The number of carbonyl (C=O) groups excluding carboxylic acids is 1. The van der Waals surface area contributed by atoms with Crippen LogP contribution in [0.2, 0.25) is 0 Å². The van der Waals surface area contributed by atoms with Crippen molar-refractivity contribution in [2.75, 3.05) is 25.9 Å². The Bertz CT molecular complexity index is 682. The van der Waals surface area contributed by atoms with E-state index in [0.29, 0.717) is 25.7 Å². The first-order chi connectivity index (χ1) is 13.4. The van der Waals surface area contributed by atoms with Gasteiger partial charge in [0.15, 0.2) is 0 Å². The zero-order valence-electron chi connectivity index (χ0n) is 16.5. The second-order valence-corrected chi connectivity index (χ2v) is 9.40. The van der Waals surface area contributed by atoms with Crippen LogP contribution in [0.25, 0.3) is 0 Å². The van der Waals surface area contributed by atoms with Gasteiger partial charge in [-0.05, 0) is 51.0 Å². The fourth-order valence-electron chi connectivity index (χ4n) is 3.45. The van der Waals surface area contributed by atoms with Crippen molar-refractivity contribution >= 4 is 19.4 Å². The lowest BCUT2D eigenvalue weighted by molar-refractivity contribution is -0.144. The molecule has 156 valence electrons. The Morgan fingerprint density at radius 1 is 1.29 bits per heavy atom. The lowest BCUT2D eigenvalue weighted by Gasteiger charge is -2.27. The first kappa shape index (κ1) is 22.6. The van der Waals surface area contributed by atoms with E-state index in [4.69, 9.17) is 9.63 Å². The molecule has 1 aromatic carbocycles. The van der Waals surface area contributed by atoms with E-state index in [9.17, 15) is 14.2 Å². The minimum atomic E-state index is -3.17. The van der Waals surface area contributed by atoms with E-state index in [-0.39, 0.29) is 12.5 Å². The minimum absolute atomic E-state index is 0.294. The maximum Gasteiger partial charge on any atom is 0.323 e. The molecule has 0 bridgehead atoms. The number of unbranched alkanes of at least 4 members (excludes halogenated alkanes) is 1. The van der Waals surface area contributed by atoms with E-state index in [0.717, 1.165) is 32.1 Å². The fraction of sp³-hybridized carbons (Fsp3) is 0.600. The van der Waals surface area contributed by atoms with Gasteiger partial charge in [-0.2, -0.15) is 0 Å². The van der Waals surface area contributed by atoms with Gasteiger partial charge >= 0.3 is 5.97 Å². The lowest BCUT2D eigenvalue weighted by Crippen LogP contribution is -2.46. The fourth-order valence-corrected chi connectivity index (χ4v) is 5.56. The number of likely N-dealkylation sites (tertiary alicyclic amines) is 1. The highest BCUT2D eigenvalue weighted by Crippen LogP contribution is 2.44. The quantitative estimate of drug-likeness (QED) is 0.429. The molecule has 0 spiro atoms. The third kappa shape index (κ3) is 7.38. The van der Waals surface area contributed by atoms with Crippen LogP contribution < -0.4 is 5.09 Å². The Morgan fingerprint density at radius 2 is 2.04 bits per heavy atom. The van der Waals surface area contributed by atoms with Gasteiger partial charge in [0.2, 0.25) is 5.91 Å². The number of nitrogens with zero attached hydrogens (tertiary/aromatic N) is 1. The molecule has 2 unspecified atom stereocenters. The number of benzene rings is 1. The zero-order chi connectivity index (χ0) is 20.4. The molecule has 0 aromatic heterocycles. The minimum Gasteiger partial charge on any atom is -0.480 e. The second-order valence-electron chi connectivity index (χ2n) is 7.09. The van der Waals surface area contributed by atoms with Crippen molar-refractivity contribution in [2.24, 2.45) is 0 Å². The van der Waals surface area contributed by atoms with Crippen molar-refractivity contribution < 1.29 is 23.8 Å². The van der Waals surface area contributed by atoms with E-state index in [1.165, 1.54) is 10.5 Å². The molecule has 2 rings (SSSR count). The van der Waals surface area contributed by atoms with Gasteiger partial charge in [-0.15, -0.1) is 0 Å². The lowest BCUT2D eigenvalue weighted by atomic mass is 10.1. The third-order valence-electron chi connectivity index (χ3n) is 4.81. The van der Waals surface area contributed by atoms with Crippen LogP contribution in [-0.4, -0.2) is 53.8 Å². The Kier molecular flexibility index (Phi) is 9.16. The summed E-state index contributed by atoms with van der Waals surface area (Å²) in [6.07, 6.45) is 4.92. The van der Waals surface area contributed by atoms with Gasteiger partial charge < -0.3 is 14.5 Å². The number of nitrogens with one attached hydrogen (secondary N) is 1. The number of carboxylic acids is 1. The Morgan fingerprint density at radius 3 is 2.71 bits per heavy atom. The molecule has 2 atom stereocenters. The van der Waals surface area contributed by atoms with Crippen molar-refractivity contribution in [3.63, 3.8) is 0 Å². The summed E-state index contributed by atoms with van der Waals surface area (Å²) in [5.41, 5.74) is 1.24. The summed E-state index contributed by atoms with van der Waals surface area (Å²) in [6.45, 7) is 2.17. The number of hydrogen-bond acceptors (Lipinski definition) is 4. The second kappa shape index (κ2) is 11.3. The van der Waals surface area contributed by atoms with Crippen molar-refractivity contribution in [3.8, 4) is 0 Å². The number of aryl methyl sites for hydroxylation is 1. The predicted octanol–water partition coefficient (Wildman–Crippen LogP) is 3.29. The maximum atomic E-state index is 13.3. The highest BCUT2D eigenvalue weighted by molar-refractivity contribution is 7.56. The molecule has 8 heteroatoms. The summed E-state index contributed by atoms with van der Waals surface area (Å²) >= 11 is 0. The molecule has 7 nitrogen and oxygen atoms in total. The summed E-state index contributed by atoms with van der Waals surface area (Å²) in [5, 5.41) is 12.0.